The second-order valence-electron chi connectivity index (χ2n) is 7.37. The number of fused-ring (bicyclic) bond motifs is 1. The summed E-state index contributed by atoms with van der Waals surface area (Å²) in [5.74, 6) is 0.772. The molecule has 0 atom stereocenters. The molecule has 0 unspecified atom stereocenters. The van der Waals surface area contributed by atoms with Gasteiger partial charge in [-0.2, -0.15) is 0 Å². The van der Waals surface area contributed by atoms with Gasteiger partial charge >= 0.3 is 0 Å². The quantitative estimate of drug-likeness (QED) is 0.338. The summed E-state index contributed by atoms with van der Waals surface area (Å²) in [5, 5.41) is 20.6. The summed E-state index contributed by atoms with van der Waals surface area (Å²) >= 11 is 0. The van der Waals surface area contributed by atoms with Crippen LogP contribution in [-0.4, -0.2) is 15.2 Å². The van der Waals surface area contributed by atoms with Crippen molar-refractivity contribution in [1.82, 2.24) is 4.57 Å². The summed E-state index contributed by atoms with van der Waals surface area (Å²) in [6.45, 7) is 0. The van der Waals surface area contributed by atoms with E-state index in [1.165, 1.54) is 37.8 Å². The number of non-ortho nitro benzene ring substituents is 1. The third kappa shape index (κ3) is 3.50. The lowest BCUT2D eigenvalue weighted by molar-refractivity contribution is -0.384. The van der Waals surface area contributed by atoms with Crippen molar-refractivity contribution in [3.63, 3.8) is 0 Å². The molecule has 1 aliphatic rings. The van der Waals surface area contributed by atoms with Crippen LogP contribution >= 0.6 is 0 Å². The molecule has 0 saturated heterocycles. The molecule has 1 aromatic heterocycles. The lowest BCUT2D eigenvalue weighted by atomic mass is 9.97. The average Bonchev–Trinajstić information content (AvgIpc) is 3.34. The van der Waals surface area contributed by atoms with Gasteiger partial charge in [0.2, 0.25) is 0 Å². The van der Waals surface area contributed by atoms with Gasteiger partial charge in [-0.25, -0.2) is 0 Å². The minimum atomic E-state index is -0.387. The predicted molar refractivity (Wildman–Crippen MR) is 108 cm³/mol. The second-order valence-corrected chi connectivity index (χ2v) is 7.37. The molecule has 1 saturated carbocycles. The highest BCUT2D eigenvalue weighted by Crippen LogP contribution is 2.31. The molecule has 5 nitrogen and oxygen atoms in total. The fourth-order valence-corrected chi connectivity index (χ4v) is 4.15. The molecule has 3 aromatic rings. The lowest BCUT2D eigenvalue weighted by Gasteiger charge is -2.09. The van der Waals surface area contributed by atoms with Gasteiger partial charge in [0, 0.05) is 40.7 Å². The molecule has 27 heavy (non-hydrogen) atoms. The SMILES string of the molecule is N=C(CCC1CCCC1)c1cn(-c2ccc([N+](=O)[O-])cc2)c2ccccc12. The molecule has 0 radical (unpaired) electrons. The lowest BCUT2D eigenvalue weighted by Crippen LogP contribution is -2.02. The number of nitrogens with zero attached hydrogens (tertiary/aromatic N) is 2. The Morgan fingerprint density at radius 2 is 1.81 bits per heavy atom. The van der Waals surface area contributed by atoms with Gasteiger partial charge in [-0.05, 0) is 37.0 Å². The molecule has 1 fully saturated rings. The molecule has 4 rings (SSSR count). The van der Waals surface area contributed by atoms with Crippen molar-refractivity contribution in [2.45, 2.75) is 38.5 Å². The normalized spacial score (nSPS) is 14.7. The Morgan fingerprint density at radius 3 is 2.52 bits per heavy atom. The van der Waals surface area contributed by atoms with E-state index in [1.807, 2.05) is 29.0 Å². The van der Waals surface area contributed by atoms with Crippen molar-refractivity contribution in [3.05, 3.63) is 70.4 Å². The van der Waals surface area contributed by atoms with Crippen LogP contribution in [0.4, 0.5) is 5.69 Å². The van der Waals surface area contributed by atoms with Crippen LogP contribution in [-0.2, 0) is 0 Å². The van der Waals surface area contributed by atoms with Gasteiger partial charge in [0.15, 0.2) is 0 Å². The van der Waals surface area contributed by atoms with E-state index >= 15 is 0 Å². The molecule has 5 heteroatoms. The van der Waals surface area contributed by atoms with Crippen LogP contribution in [0.5, 0.6) is 0 Å². The van der Waals surface area contributed by atoms with Gasteiger partial charge in [0.05, 0.1) is 10.4 Å². The van der Waals surface area contributed by atoms with Gasteiger partial charge in [0.25, 0.3) is 5.69 Å². The predicted octanol–water partition coefficient (Wildman–Crippen LogP) is 5.88. The molecule has 138 valence electrons. The molecular formula is C22H23N3O2. The van der Waals surface area contributed by atoms with Crippen molar-refractivity contribution in [3.8, 4) is 5.69 Å². The number of nitrogens with one attached hydrogen (secondary N) is 1. The van der Waals surface area contributed by atoms with Gasteiger partial charge in [0.1, 0.15) is 0 Å². The van der Waals surface area contributed by atoms with Crippen molar-refractivity contribution in [2.24, 2.45) is 5.92 Å². The molecule has 1 N–H and O–H groups in total. The Hall–Kier alpha value is -2.95. The van der Waals surface area contributed by atoms with Crippen molar-refractivity contribution in [2.75, 3.05) is 0 Å². The van der Waals surface area contributed by atoms with Gasteiger partial charge < -0.3 is 9.98 Å². The van der Waals surface area contributed by atoms with Crippen LogP contribution in [0.15, 0.2) is 54.7 Å². The van der Waals surface area contributed by atoms with Gasteiger partial charge in [-0.15, -0.1) is 0 Å². The number of benzene rings is 2. The van der Waals surface area contributed by atoms with Crippen LogP contribution in [0.3, 0.4) is 0 Å². The number of rotatable bonds is 6. The summed E-state index contributed by atoms with van der Waals surface area (Å²) in [5.41, 5.74) is 3.61. The highest BCUT2D eigenvalue weighted by atomic mass is 16.6. The Morgan fingerprint density at radius 1 is 1.11 bits per heavy atom. The molecule has 0 amide bonds. The largest absolute Gasteiger partial charge is 0.316 e. The first kappa shape index (κ1) is 17.5. The maximum absolute atomic E-state index is 10.9. The molecule has 1 aliphatic carbocycles. The fraction of sp³-hybridized carbons (Fsp3) is 0.318. The maximum atomic E-state index is 10.9. The topological polar surface area (TPSA) is 71.9 Å². The van der Waals surface area contributed by atoms with E-state index in [2.05, 4.69) is 6.07 Å². The molecule has 0 bridgehead atoms. The van der Waals surface area contributed by atoms with Crippen molar-refractivity contribution >= 4 is 22.3 Å². The van der Waals surface area contributed by atoms with E-state index in [9.17, 15) is 10.1 Å². The van der Waals surface area contributed by atoms with E-state index < -0.39 is 0 Å². The van der Waals surface area contributed by atoms with Crippen molar-refractivity contribution < 1.29 is 4.92 Å². The second kappa shape index (κ2) is 7.35. The minimum absolute atomic E-state index is 0.0831. The first-order valence-electron chi connectivity index (χ1n) is 9.56. The molecule has 2 aromatic carbocycles. The third-order valence-electron chi connectivity index (χ3n) is 5.65. The van der Waals surface area contributed by atoms with Crippen LogP contribution in [0, 0.1) is 21.4 Å². The summed E-state index contributed by atoms with van der Waals surface area (Å²) in [7, 11) is 0. The average molecular weight is 361 g/mol. The van der Waals surface area contributed by atoms with Gasteiger partial charge in [-0.1, -0.05) is 43.9 Å². The standard InChI is InChI=1S/C22H23N3O2/c23-21(14-9-16-5-1-2-6-16)20-15-24(22-8-4-3-7-19(20)22)17-10-12-18(13-11-17)25(26)27/h3-4,7-8,10-13,15-16,23H,1-2,5-6,9,14H2. The Kier molecular flexibility index (Phi) is 4.75. The zero-order valence-electron chi connectivity index (χ0n) is 15.2. The van der Waals surface area contributed by atoms with Crippen LogP contribution in [0.25, 0.3) is 16.6 Å². The highest BCUT2D eigenvalue weighted by molar-refractivity contribution is 6.09. The first-order chi connectivity index (χ1) is 13.1. The van der Waals surface area contributed by atoms with Gasteiger partial charge in [-0.3, -0.25) is 10.1 Å². The summed E-state index contributed by atoms with van der Waals surface area (Å²) in [6.07, 6.45) is 9.17. The molecule has 0 aliphatic heterocycles. The number of nitro benzene ring substituents is 1. The van der Waals surface area contributed by atoms with Crippen LogP contribution in [0.2, 0.25) is 0 Å². The number of nitro groups is 1. The summed E-state index contributed by atoms with van der Waals surface area (Å²) in [6, 6.07) is 14.6. The fourth-order valence-electron chi connectivity index (χ4n) is 4.15. The Labute approximate surface area is 158 Å². The smallest absolute Gasteiger partial charge is 0.269 e. The Balaban J connectivity index is 1.66. The zero-order chi connectivity index (χ0) is 18.8. The number of hydrogen-bond acceptors (Lipinski definition) is 3. The Bertz CT molecular complexity index is 982. The molecule has 1 heterocycles. The van der Waals surface area contributed by atoms with E-state index in [-0.39, 0.29) is 10.6 Å². The molecular weight excluding hydrogens is 338 g/mol. The zero-order valence-corrected chi connectivity index (χ0v) is 15.2. The van der Waals surface area contributed by atoms with E-state index in [0.717, 1.165) is 40.9 Å². The first-order valence-corrected chi connectivity index (χ1v) is 9.56. The summed E-state index contributed by atoms with van der Waals surface area (Å²) < 4.78 is 2.03. The molecule has 0 spiro atoms. The number of para-hydroxylation sites is 1. The third-order valence-corrected chi connectivity index (χ3v) is 5.65. The monoisotopic (exact) mass is 361 g/mol. The van der Waals surface area contributed by atoms with E-state index in [1.54, 1.807) is 12.1 Å². The maximum Gasteiger partial charge on any atom is 0.269 e. The summed E-state index contributed by atoms with van der Waals surface area (Å²) in [4.78, 5) is 10.5. The van der Waals surface area contributed by atoms with Crippen molar-refractivity contribution in [1.29, 1.82) is 5.41 Å². The van der Waals surface area contributed by atoms with E-state index in [4.69, 9.17) is 5.41 Å². The van der Waals surface area contributed by atoms with Crippen LogP contribution < -0.4 is 0 Å². The number of aromatic nitrogens is 1. The van der Waals surface area contributed by atoms with E-state index in [0.29, 0.717) is 5.71 Å². The highest BCUT2D eigenvalue weighted by Gasteiger charge is 2.18. The number of hydrogen-bond donors (Lipinski definition) is 1. The minimum Gasteiger partial charge on any atom is -0.316 e. The van der Waals surface area contributed by atoms with Crippen LogP contribution in [0.1, 0.15) is 44.1 Å².